The maximum absolute atomic E-state index is 5.80. The predicted octanol–water partition coefficient (Wildman–Crippen LogP) is 2.73. The van der Waals surface area contributed by atoms with Gasteiger partial charge in [0.2, 0.25) is 0 Å². The Balaban J connectivity index is 2.69. The van der Waals surface area contributed by atoms with Gasteiger partial charge in [0.1, 0.15) is 0 Å². The molecule has 0 nitrogen and oxygen atoms in total. The Morgan fingerprint density at radius 2 is 1.90 bits per heavy atom. The SMILES string of the molecule is Cc1ccc([CH2][Hg][Cl])cc1. The van der Waals surface area contributed by atoms with E-state index in [1.54, 1.807) is 0 Å². The van der Waals surface area contributed by atoms with Gasteiger partial charge in [-0.05, 0) is 0 Å². The van der Waals surface area contributed by atoms with Gasteiger partial charge in [-0.25, -0.2) is 0 Å². The van der Waals surface area contributed by atoms with E-state index in [0.717, 1.165) is 0 Å². The Morgan fingerprint density at radius 1 is 1.30 bits per heavy atom. The van der Waals surface area contributed by atoms with E-state index in [4.69, 9.17) is 8.25 Å². The van der Waals surface area contributed by atoms with Crippen LogP contribution in [0.25, 0.3) is 0 Å². The van der Waals surface area contributed by atoms with E-state index in [1.807, 2.05) is 0 Å². The van der Waals surface area contributed by atoms with Crippen molar-refractivity contribution < 1.29 is 23.3 Å². The summed E-state index contributed by atoms with van der Waals surface area (Å²) in [7, 11) is 5.80. The number of benzene rings is 1. The first-order valence-electron chi connectivity index (χ1n) is 3.44. The molecular weight excluding hydrogens is 332 g/mol. The summed E-state index contributed by atoms with van der Waals surface area (Å²) in [5, 5.41) is 0. The number of hydrogen-bond acceptors (Lipinski definition) is 0. The minimum atomic E-state index is -0.946. The third-order valence-corrected chi connectivity index (χ3v) is 6.14. The summed E-state index contributed by atoms with van der Waals surface area (Å²) in [5.74, 6) is 0. The van der Waals surface area contributed by atoms with Crippen LogP contribution in [0.15, 0.2) is 24.3 Å². The van der Waals surface area contributed by atoms with Crippen molar-refractivity contribution in [1.82, 2.24) is 0 Å². The van der Waals surface area contributed by atoms with Crippen LogP contribution in [0.1, 0.15) is 11.1 Å². The molecule has 0 amide bonds. The molecule has 0 saturated carbocycles. The van der Waals surface area contributed by atoms with E-state index in [2.05, 4.69) is 31.2 Å². The fourth-order valence-corrected chi connectivity index (χ4v) is 4.92. The van der Waals surface area contributed by atoms with Gasteiger partial charge in [-0.3, -0.25) is 0 Å². The molecule has 0 spiro atoms. The van der Waals surface area contributed by atoms with Gasteiger partial charge in [-0.15, -0.1) is 0 Å². The fourth-order valence-electron chi connectivity index (χ4n) is 0.864. The van der Waals surface area contributed by atoms with E-state index >= 15 is 0 Å². The van der Waals surface area contributed by atoms with Gasteiger partial charge in [0.05, 0.1) is 0 Å². The number of aryl methyl sites for hydroxylation is 1. The summed E-state index contributed by atoms with van der Waals surface area (Å²) < 4.78 is 1.20. The van der Waals surface area contributed by atoms with E-state index < -0.39 is 23.3 Å². The van der Waals surface area contributed by atoms with Crippen LogP contribution >= 0.6 is 8.25 Å². The van der Waals surface area contributed by atoms with Gasteiger partial charge in [-0.1, -0.05) is 0 Å². The Labute approximate surface area is 77.5 Å². The molecule has 2 heteroatoms. The Bertz CT molecular complexity index is 193. The molecule has 0 atom stereocenters. The van der Waals surface area contributed by atoms with Crippen LogP contribution in [0.2, 0.25) is 0 Å². The van der Waals surface area contributed by atoms with Crippen LogP contribution in [-0.4, -0.2) is 0 Å². The van der Waals surface area contributed by atoms with E-state index in [0.29, 0.717) is 0 Å². The fraction of sp³-hybridized carbons (Fsp3) is 0.250. The molecule has 0 bridgehead atoms. The molecule has 0 unspecified atom stereocenters. The molecule has 0 radical (unpaired) electrons. The molecule has 0 aliphatic heterocycles. The van der Waals surface area contributed by atoms with E-state index in [9.17, 15) is 0 Å². The molecule has 0 N–H and O–H groups in total. The predicted molar refractivity (Wildman–Crippen MR) is 40.7 cm³/mol. The third-order valence-electron chi connectivity index (χ3n) is 1.50. The van der Waals surface area contributed by atoms with Gasteiger partial charge in [-0.2, -0.15) is 0 Å². The average Bonchev–Trinajstić information content (AvgIpc) is 1.95. The van der Waals surface area contributed by atoms with Crippen molar-refractivity contribution in [3.05, 3.63) is 35.4 Å². The second kappa shape index (κ2) is 4.35. The van der Waals surface area contributed by atoms with Crippen LogP contribution in [0.4, 0.5) is 0 Å². The molecule has 0 aliphatic carbocycles. The van der Waals surface area contributed by atoms with Crippen LogP contribution in [0.3, 0.4) is 0 Å². The molecule has 0 fully saturated rings. The maximum atomic E-state index is 5.80. The zero-order valence-electron chi connectivity index (χ0n) is 6.10. The molecule has 1 aromatic carbocycles. The van der Waals surface area contributed by atoms with Crippen molar-refractivity contribution in [2.45, 2.75) is 10.9 Å². The van der Waals surface area contributed by atoms with Crippen LogP contribution in [0, 0.1) is 6.92 Å². The van der Waals surface area contributed by atoms with Gasteiger partial charge in [0.25, 0.3) is 0 Å². The van der Waals surface area contributed by atoms with E-state index in [-0.39, 0.29) is 0 Å². The normalized spacial score (nSPS) is 9.00. The van der Waals surface area contributed by atoms with Crippen LogP contribution < -0.4 is 0 Å². The third kappa shape index (κ3) is 2.59. The summed E-state index contributed by atoms with van der Waals surface area (Å²) in [5.41, 5.74) is 2.75. The Hall–Kier alpha value is 0.445. The molecule has 50 valence electrons. The zero-order valence-corrected chi connectivity index (χ0v) is 12.4. The van der Waals surface area contributed by atoms with Crippen LogP contribution in [-0.2, 0) is 27.3 Å². The average molecular weight is 341 g/mol. The summed E-state index contributed by atoms with van der Waals surface area (Å²) in [6.07, 6.45) is 0. The molecule has 10 heavy (non-hydrogen) atoms. The first kappa shape index (κ1) is 8.54. The molecular formula is C8H9ClHg. The minimum absolute atomic E-state index is 0.946. The molecule has 0 aromatic heterocycles. The standard InChI is InChI=1S/C8H9.ClH.Hg/c1-7-3-5-8(2)6-4-7;;/h3-6H,1H2,2H3;1H;/q;;+1/p-1. The van der Waals surface area contributed by atoms with Crippen molar-refractivity contribution in [2.24, 2.45) is 0 Å². The summed E-state index contributed by atoms with van der Waals surface area (Å²) in [4.78, 5) is 0. The second-order valence-electron chi connectivity index (χ2n) is 2.42. The molecule has 0 saturated heterocycles. The summed E-state index contributed by atoms with van der Waals surface area (Å²) in [6, 6.07) is 8.65. The quantitative estimate of drug-likeness (QED) is 0.726. The first-order chi connectivity index (χ1) is 4.83. The first-order valence-corrected chi connectivity index (χ1v) is 14.1. The van der Waals surface area contributed by atoms with Crippen molar-refractivity contribution in [1.29, 1.82) is 0 Å². The van der Waals surface area contributed by atoms with Crippen molar-refractivity contribution in [3.63, 3.8) is 0 Å². The topological polar surface area (TPSA) is 0 Å². The molecule has 0 aliphatic rings. The number of hydrogen-bond donors (Lipinski definition) is 0. The van der Waals surface area contributed by atoms with Gasteiger partial charge in [0.15, 0.2) is 0 Å². The monoisotopic (exact) mass is 342 g/mol. The number of halogens is 1. The Kier molecular flexibility index (Phi) is 3.71. The number of rotatable bonds is 2. The van der Waals surface area contributed by atoms with Crippen molar-refractivity contribution in [3.8, 4) is 0 Å². The molecule has 0 heterocycles. The van der Waals surface area contributed by atoms with Gasteiger partial charge in [0, 0.05) is 0 Å². The van der Waals surface area contributed by atoms with Crippen molar-refractivity contribution >= 4 is 8.25 Å². The summed E-state index contributed by atoms with van der Waals surface area (Å²) in [6.45, 7) is 2.11. The van der Waals surface area contributed by atoms with Gasteiger partial charge >= 0.3 is 77.8 Å². The van der Waals surface area contributed by atoms with Crippen LogP contribution in [0.5, 0.6) is 0 Å². The van der Waals surface area contributed by atoms with Crippen molar-refractivity contribution in [2.75, 3.05) is 0 Å². The zero-order chi connectivity index (χ0) is 7.40. The molecule has 1 aromatic rings. The molecule has 1 rings (SSSR count). The van der Waals surface area contributed by atoms with E-state index in [1.165, 1.54) is 15.1 Å². The second-order valence-corrected chi connectivity index (χ2v) is 9.15. The Morgan fingerprint density at radius 3 is 2.40 bits per heavy atom. The van der Waals surface area contributed by atoms with Gasteiger partial charge < -0.3 is 0 Å². The summed E-state index contributed by atoms with van der Waals surface area (Å²) >= 11 is -0.946.